The Balaban J connectivity index is 1.64. The van der Waals surface area contributed by atoms with E-state index in [-0.39, 0.29) is 18.4 Å². The second-order valence-electron chi connectivity index (χ2n) is 6.65. The van der Waals surface area contributed by atoms with Crippen LogP contribution < -0.4 is 15.6 Å². The number of hydrogen-bond acceptors (Lipinski definition) is 3. The Hall–Kier alpha value is -2.04. The zero-order chi connectivity index (χ0) is 17.4. The fourth-order valence-corrected chi connectivity index (χ4v) is 3.21. The van der Waals surface area contributed by atoms with Gasteiger partial charge in [0.1, 0.15) is 5.75 Å². The fraction of sp³-hybridized carbons (Fsp3) is 0.579. The molecule has 24 heavy (non-hydrogen) atoms. The van der Waals surface area contributed by atoms with Crippen molar-refractivity contribution in [1.82, 2.24) is 10.9 Å². The van der Waals surface area contributed by atoms with E-state index in [1.54, 1.807) is 0 Å². The lowest BCUT2D eigenvalue weighted by Crippen LogP contribution is -2.43. The van der Waals surface area contributed by atoms with Crippen molar-refractivity contribution in [2.45, 2.75) is 58.8 Å². The highest BCUT2D eigenvalue weighted by atomic mass is 16.5. The molecule has 2 rings (SSSR count). The SMILES string of the molecule is Cc1cccc(C)c1OCC(=O)NNC(=O)CCC1CCCCC1. The molecule has 1 aliphatic carbocycles. The van der Waals surface area contributed by atoms with Crippen molar-refractivity contribution in [2.75, 3.05) is 6.61 Å². The Bertz CT molecular complexity index is 545. The first-order valence-corrected chi connectivity index (χ1v) is 8.83. The monoisotopic (exact) mass is 332 g/mol. The zero-order valence-corrected chi connectivity index (χ0v) is 14.7. The number of carbonyl (C=O) groups is 2. The minimum atomic E-state index is -0.358. The number of para-hydroxylation sites is 1. The molecule has 0 bridgehead atoms. The Morgan fingerprint density at radius 2 is 1.67 bits per heavy atom. The predicted molar refractivity (Wildman–Crippen MR) is 93.5 cm³/mol. The van der Waals surface area contributed by atoms with Crippen molar-refractivity contribution < 1.29 is 14.3 Å². The van der Waals surface area contributed by atoms with E-state index >= 15 is 0 Å². The minimum Gasteiger partial charge on any atom is -0.483 e. The molecule has 1 aliphatic rings. The Kier molecular flexibility index (Phi) is 7.09. The van der Waals surface area contributed by atoms with Crippen LogP contribution in [0.2, 0.25) is 0 Å². The third-order valence-electron chi connectivity index (χ3n) is 4.60. The summed E-state index contributed by atoms with van der Waals surface area (Å²) in [5, 5.41) is 0. The van der Waals surface area contributed by atoms with E-state index in [9.17, 15) is 9.59 Å². The van der Waals surface area contributed by atoms with Gasteiger partial charge in [0.15, 0.2) is 6.61 Å². The number of carbonyl (C=O) groups excluding carboxylic acids is 2. The second-order valence-corrected chi connectivity index (χ2v) is 6.65. The van der Waals surface area contributed by atoms with E-state index in [1.165, 1.54) is 32.1 Å². The van der Waals surface area contributed by atoms with Gasteiger partial charge in [-0.2, -0.15) is 0 Å². The van der Waals surface area contributed by atoms with Crippen LogP contribution in [0.25, 0.3) is 0 Å². The van der Waals surface area contributed by atoms with E-state index in [4.69, 9.17) is 4.74 Å². The van der Waals surface area contributed by atoms with Crippen LogP contribution in [0.4, 0.5) is 0 Å². The molecule has 2 N–H and O–H groups in total. The van der Waals surface area contributed by atoms with Crippen LogP contribution in [0.1, 0.15) is 56.1 Å². The van der Waals surface area contributed by atoms with Crippen molar-refractivity contribution in [3.63, 3.8) is 0 Å². The van der Waals surface area contributed by atoms with Gasteiger partial charge in [-0.15, -0.1) is 0 Å². The van der Waals surface area contributed by atoms with E-state index in [0.29, 0.717) is 12.3 Å². The third kappa shape index (κ3) is 5.87. The van der Waals surface area contributed by atoms with Crippen molar-refractivity contribution in [2.24, 2.45) is 5.92 Å². The average molecular weight is 332 g/mol. The molecule has 1 aromatic rings. The smallest absolute Gasteiger partial charge is 0.276 e. The van der Waals surface area contributed by atoms with Crippen LogP contribution in [0.15, 0.2) is 18.2 Å². The first-order valence-electron chi connectivity index (χ1n) is 8.83. The van der Waals surface area contributed by atoms with Crippen LogP contribution in [0.5, 0.6) is 5.75 Å². The summed E-state index contributed by atoms with van der Waals surface area (Å²) in [6, 6.07) is 5.82. The van der Waals surface area contributed by atoms with E-state index in [2.05, 4.69) is 10.9 Å². The maximum atomic E-state index is 11.8. The van der Waals surface area contributed by atoms with Gasteiger partial charge in [-0.3, -0.25) is 20.4 Å². The molecular weight excluding hydrogens is 304 g/mol. The fourth-order valence-electron chi connectivity index (χ4n) is 3.21. The third-order valence-corrected chi connectivity index (χ3v) is 4.60. The van der Waals surface area contributed by atoms with Crippen LogP contribution in [0, 0.1) is 19.8 Å². The van der Waals surface area contributed by atoms with Gasteiger partial charge in [0.05, 0.1) is 0 Å². The number of nitrogens with one attached hydrogen (secondary N) is 2. The Morgan fingerprint density at radius 1 is 1.04 bits per heavy atom. The summed E-state index contributed by atoms with van der Waals surface area (Å²) in [7, 11) is 0. The van der Waals surface area contributed by atoms with Gasteiger partial charge in [-0.25, -0.2) is 0 Å². The number of benzene rings is 1. The first-order chi connectivity index (χ1) is 11.6. The van der Waals surface area contributed by atoms with Gasteiger partial charge in [-0.05, 0) is 37.3 Å². The number of hydrogen-bond donors (Lipinski definition) is 2. The molecule has 0 aromatic heterocycles. The predicted octanol–water partition coefficient (Wildman–Crippen LogP) is 3.19. The number of ether oxygens (including phenoxy) is 1. The Morgan fingerprint density at radius 3 is 2.33 bits per heavy atom. The average Bonchev–Trinajstić information content (AvgIpc) is 2.58. The van der Waals surface area contributed by atoms with Crippen molar-refractivity contribution >= 4 is 11.8 Å². The summed E-state index contributed by atoms with van der Waals surface area (Å²) in [6.45, 7) is 3.76. The molecule has 0 unspecified atom stereocenters. The lowest BCUT2D eigenvalue weighted by Gasteiger charge is -2.21. The summed E-state index contributed by atoms with van der Waals surface area (Å²) in [5.41, 5.74) is 6.86. The van der Waals surface area contributed by atoms with Crippen molar-refractivity contribution in [3.05, 3.63) is 29.3 Å². The van der Waals surface area contributed by atoms with Crippen LogP contribution in [-0.4, -0.2) is 18.4 Å². The van der Waals surface area contributed by atoms with Gasteiger partial charge in [-0.1, -0.05) is 50.3 Å². The molecule has 0 radical (unpaired) electrons. The number of aryl methyl sites for hydroxylation is 2. The number of rotatable bonds is 6. The van der Waals surface area contributed by atoms with Crippen LogP contribution >= 0.6 is 0 Å². The quantitative estimate of drug-likeness (QED) is 0.786. The number of amides is 2. The van der Waals surface area contributed by atoms with Crippen molar-refractivity contribution in [1.29, 1.82) is 0 Å². The summed E-state index contributed by atoms with van der Waals surface area (Å²) in [5.74, 6) is 0.883. The lowest BCUT2D eigenvalue weighted by atomic mass is 9.86. The summed E-state index contributed by atoms with van der Waals surface area (Å²) in [6.07, 6.45) is 7.69. The lowest BCUT2D eigenvalue weighted by molar-refractivity contribution is -0.130. The summed E-state index contributed by atoms with van der Waals surface area (Å²) < 4.78 is 5.55. The van der Waals surface area contributed by atoms with Gasteiger partial charge in [0.2, 0.25) is 5.91 Å². The molecule has 0 atom stereocenters. The molecule has 132 valence electrons. The largest absolute Gasteiger partial charge is 0.483 e. The topological polar surface area (TPSA) is 67.4 Å². The molecule has 0 aliphatic heterocycles. The molecule has 2 amide bonds. The first kappa shape index (κ1) is 18.3. The van der Waals surface area contributed by atoms with Gasteiger partial charge in [0, 0.05) is 6.42 Å². The normalized spacial score (nSPS) is 14.9. The molecule has 1 saturated carbocycles. The van der Waals surface area contributed by atoms with E-state index < -0.39 is 0 Å². The second kappa shape index (κ2) is 9.30. The van der Waals surface area contributed by atoms with Gasteiger partial charge >= 0.3 is 0 Å². The van der Waals surface area contributed by atoms with Gasteiger partial charge in [0.25, 0.3) is 5.91 Å². The molecule has 0 saturated heterocycles. The molecule has 1 aromatic carbocycles. The van der Waals surface area contributed by atoms with Crippen molar-refractivity contribution in [3.8, 4) is 5.75 Å². The number of hydrazine groups is 1. The highest BCUT2D eigenvalue weighted by Gasteiger charge is 2.15. The van der Waals surface area contributed by atoms with Gasteiger partial charge < -0.3 is 4.74 Å². The molecule has 0 heterocycles. The molecule has 5 nitrogen and oxygen atoms in total. The molecular formula is C19H28N2O3. The van der Waals surface area contributed by atoms with E-state index in [1.807, 2.05) is 32.0 Å². The maximum absolute atomic E-state index is 11.8. The highest BCUT2D eigenvalue weighted by Crippen LogP contribution is 2.27. The van der Waals surface area contributed by atoms with Crippen LogP contribution in [0.3, 0.4) is 0 Å². The zero-order valence-electron chi connectivity index (χ0n) is 14.7. The summed E-state index contributed by atoms with van der Waals surface area (Å²) >= 11 is 0. The molecule has 5 heteroatoms. The Labute approximate surface area is 144 Å². The summed E-state index contributed by atoms with van der Waals surface area (Å²) in [4.78, 5) is 23.6. The standard InChI is InChI=1S/C19H28N2O3/c1-14-7-6-8-15(2)19(14)24-13-18(23)21-20-17(22)12-11-16-9-4-3-5-10-16/h6-8,16H,3-5,9-13H2,1-2H3,(H,20,22)(H,21,23). The van der Waals surface area contributed by atoms with E-state index in [0.717, 1.165) is 23.3 Å². The highest BCUT2D eigenvalue weighted by molar-refractivity contribution is 5.82. The molecule has 0 spiro atoms. The molecule has 1 fully saturated rings. The van der Waals surface area contributed by atoms with Crippen LogP contribution in [-0.2, 0) is 9.59 Å². The minimum absolute atomic E-state index is 0.116. The maximum Gasteiger partial charge on any atom is 0.276 e.